The topological polar surface area (TPSA) is 125 Å². The molecule has 2 aliphatic rings. The molecule has 33 heavy (non-hydrogen) atoms. The van der Waals surface area contributed by atoms with E-state index in [9.17, 15) is 26.4 Å². The van der Waals surface area contributed by atoms with Gasteiger partial charge in [-0.1, -0.05) is 0 Å². The quantitative estimate of drug-likeness (QED) is 0.493. The Labute approximate surface area is 188 Å². The lowest BCUT2D eigenvalue weighted by Crippen LogP contribution is -2.44. The van der Waals surface area contributed by atoms with Gasteiger partial charge in [0, 0.05) is 36.3 Å². The lowest BCUT2D eigenvalue weighted by Gasteiger charge is -2.31. The number of piperidine rings is 1. The van der Waals surface area contributed by atoms with Gasteiger partial charge in [-0.15, -0.1) is 0 Å². The second kappa shape index (κ2) is 8.78. The molecular formula is C20H23F3N6O3S. The lowest BCUT2D eigenvalue weighted by atomic mass is 9.99. The number of rotatable bonds is 6. The van der Waals surface area contributed by atoms with Crippen molar-refractivity contribution in [1.82, 2.24) is 15.3 Å². The molecule has 9 nitrogen and oxygen atoms in total. The van der Waals surface area contributed by atoms with E-state index in [1.807, 2.05) is 0 Å². The molecule has 2 atom stereocenters. The number of carbonyl (C=O) groups excluding carboxylic acids is 1. The van der Waals surface area contributed by atoms with Crippen molar-refractivity contribution in [2.24, 2.45) is 5.92 Å². The van der Waals surface area contributed by atoms with Gasteiger partial charge in [0.1, 0.15) is 16.8 Å². The number of nitrogens with zero attached hydrogens (tertiary/aromatic N) is 2. The average Bonchev–Trinajstić information content (AvgIpc) is 3.10. The second-order valence-corrected chi connectivity index (χ2v) is 10.3. The molecule has 0 radical (unpaired) electrons. The lowest BCUT2D eigenvalue weighted by molar-refractivity contribution is -0.137. The highest BCUT2D eigenvalue weighted by Gasteiger charge is 2.38. The average molecular weight is 485 g/mol. The molecule has 4 N–H and O–H groups in total. The van der Waals surface area contributed by atoms with Crippen molar-refractivity contribution in [3.05, 3.63) is 35.5 Å². The fourth-order valence-corrected chi connectivity index (χ4v) is 5.30. The smallest absolute Gasteiger partial charge is 0.353 e. The molecule has 0 bridgehead atoms. The highest BCUT2D eigenvalue weighted by molar-refractivity contribution is 7.91. The predicted molar refractivity (Wildman–Crippen MR) is 117 cm³/mol. The van der Waals surface area contributed by atoms with Crippen LogP contribution in [0.4, 0.5) is 36.3 Å². The number of carbonyl (C=O) groups is 1. The molecule has 0 aliphatic carbocycles. The molecule has 4 rings (SSSR count). The summed E-state index contributed by atoms with van der Waals surface area (Å²) < 4.78 is 65.8. The number of nitrogens with one attached hydrogen (secondary N) is 4. The number of sulfone groups is 1. The number of benzene rings is 1. The first-order chi connectivity index (χ1) is 15.5. The van der Waals surface area contributed by atoms with Gasteiger partial charge in [-0.25, -0.2) is 13.4 Å². The summed E-state index contributed by atoms with van der Waals surface area (Å²) in [6.45, 7) is 1.09. The van der Waals surface area contributed by atoms with Crippen LogP contribution < -0.4 is 21.3 Å². The number of fused-ring (bicyclic) bond motifs is 1. The van der Waals surface area contributed by atoms with Crippen molar-refractivity contribution in [2.75, 3.05) is 35.3 Å². The molecule has 13 heteroatoms. The number of aromatic nitrogens is 2. The summed E-state index contributed by atoms with van der Waals surface area (Å²) in [6, 6.07) is 4.97. The van der Waals surface area contributed by atoms with Crippen LogP contribution in [0.15, 0.2) is 24.4 Å². The normalized spacial score (nSPS) is 19.5. The first-order valence-corrected chi connectivity index (χ1v) is 12.3. The van der Waals surface area contributed by atoms with E-state index in [1.165, 1.54) is 0 Å². The number of alkyl halides is 3. The third-order valence-electron chi connectivity index (χ3n) is 5.58. The fourth-order valence-electron chi connectivity index (χ4n) is 4.04. The van der Waals surface area contributed by atoms with E-state index in [1.54, 1.807) is 18.2 Å². The maximum atomic E-state index is 13.6. The zero-order valence-electron chi connectivity index (χ0n) is 17.7. The van der Waals surface area contributed by atoms with Crippen molar-refractivity contribution in [3.8, 4) is 0 Å². The summed E-state index contributed by atoms with van der Waals surface area (Å²) in [5.41, 5.74) is 0.719. The SMILES string of the molecule is CS(=O)(=O)C(Nc1nc(Nc2ccc3c(c2)CC(=O)N3)ncc1C(F)(F)F)C1CCCNC1. The molecule has 3 heterocycles. The van der Waals surface area contributed by atoms with Crippen LogP contribution >= 0.6 is 0 Å². The summed E-state index contributed by atoms with van der Waals surface area (Å²) in [6.07, 6.45) is -1.71. The van der Waals surface area contributed by atoms with Crippen LogP contribution in [-0.2, 0) is 27.2 Å². The number of anilines is 4. The van der Waals surface area contributed by atoms with Crippen molar-refractivity contribution in [2.45, 2.75) is 30.8 Å². The number of hydrogen-bond donors (Lipinski definition) is 4. The third kappa shape index (κ3) is 5.36. The molecule has 2 unspecified atom stereocenters. The van der Waals surface area contributed by atoms with Crippen LogP contribution in [0, 0.1) is 5.92 Å². The van der Waals surface area contributed by atoms with Crippen molar-refractivity contribution < 1.29 is 26.4 Å². The van der Waals surface area contributed by atoms with Crippen LogP contribution in [-0.4, -0.2) is 49.0 Å². The molecule has 1 aromatic carbocycles. The summed E-state index contributed by atoms with van der Waals surface area (Å²) in [7, 11) is -3.75. The summed E-state index contributed by atoms with van der Waals surface area (Å²) in [4.78, 5) is 19.3. The molecule has 1 aromatic heterocycles. The van der Waals surface area contributed by atoms with Crippen LogP contribution in [0.25, 0.3) is 0 Å². The standard InChI is InChI=1S/C20H23F3N6O3S/c1-33(31,32)18(11-3-2-6-24-9-11)28-17-14(20(21,22)23)10-25-19(29-17)26-13-4-5-15-12(7-13)8-16(30)27-15/h4-5,7,10-11,18,24H,2-3,6,8-9H2,1H3,(H,27,30)(H2,25,26,28,29). The van der Waals surface area contributed by atoms with Crippen LogP contribution in [0.3, 0.4) is 0 Å². The Morgan fingerprint density at radius 3 is 2.73 bits per heavy atom. The van der Waals surface area contributed by atoms with Crippen LogP contribution in [0.2, 0.25) is 0 Å². The minimum Gasteiger partial charge on any atom is -0.353 e. The van der Waals surface area contributed by atoms with E-state index in [4.69, 9.17) is 0 Å². The van der Waals surface area contributed by atoms with Gasteiger partial charge in [0.05, 0.1) is 6.42 Å². The molecule has 0 saturated carbocycles. The molecule has 2 aliphatic heterocycles. The second-order valence-electron chi connectivity index (χ2n) is 8.18. The minimum atomic E-state index is -4.78. The predicted octanol–water partition coefficient (Wildman–Crippen LogP) is 2.52. The molecule has 0 spiro atoms. The van der Waals surface area contributed by atoms with E-state index in [2.05, 4.69) is 31.2 Å². The van der Waals surface area contributed by atoms with E-state index in [-0.39, 0.29) is 18.3 Å². The van der Waals surface area contributed by atoms with E-state index >= 15 is 0 Å². The number of amides is 1. The van der Waals surface area contributed by atoms with Crippen LogP contribution in [0.1, 0.15) is 24.0 Å². The van der Waals surface area contributed by atoms with Gasteiger partial charge in [-0.3, -0.25) is 4.79 Å². The molecule has 2 aromatic rings. The minimum absolute atomic E-state index is 0.142. The van der Waals surface area contributed by atoms with Gasteiger partial charge in [-0.05, 0) is 43.1 Å². The van der Waals surface area contributed by atoms with Gasteiger partial charge in [0.15, 0.2) is 9.84 Å². The highest BCUT2D eigenvalue weighted by Crippen LogP contribution is 2.36. The summed E-state index contributed by atoms with van der Waals surface area (Å²) in [5.74, 6) is -1.32. The van der Waals surface area contributed by atoms with Crippen LogP contribution in [0.5, 0.6) is 0 Å². The van der Waals surface area contributed by atoms with Gasteiger partial charge in [0.2, 0.25) is 11.9 Å². The monoisotopic (exact) mass is 484 g/mol. The van der Waals surface area contributed by atoms with Gasteiger partial charge in [0.25, 0.3) is 0 Å². The summed E-state index contributed by atoms with van der Waals surface area (Å²) >= 11 is 0. The van der Waals surface area contributed by atoms with Crippen molar-refractivity contribution in [1.29, 1.82) is 0 Å². The van der Waals surface area contributed by atoms with Gasteiger partial charge in [-0.2, -0.15) is 18.2 Å². The van der Waals surface area contributed by atoms with E-state index < -0.39 is 38.7 Å². The van der Waals surface area contributed by atoms with E-state index in [0.29, 0.717) is 30.5 Å². The number of halogens is 3. The van der Waals surface area contributed by atoms with Crippen molar-refractivity contribution in [3.63, 3.8) is 0 Å². The summed E-state index contributed by atoms with van der Waals surface area (Å²) in [5, 5.41) is 9.91. The maximum absolute atomic E-state index is 13.6. The Morgan fingerprint density at radius 1 is 1.27 bits per heavy atom. The third-order valence-corrected chi connectivity index (χ3v) is 7.01. The number of hydrogen-bond acceptors (Lipinski definition) is 8. The van der Waals surface area contributed by atoms with Crippen molar-refractivity contribution >= 4 is 38.9 Å². The first kappa shape index (κ1) is 23.2. The van der Waals surface area contributed by atoms with E-state index in [0.717, 1.165) is 24.8 Å². The Bertz CT molecular complexity index is 1170. The molecular weight excluding hydrogens is 461 g/mol. The van der Waals surface area contributed by atoms with Gasteiger partial charge >= 0.3 is 6.18 Å². The highest BCUT2D eigenvalue weighted by atomic mass is 32.2. The molecule has 1 fully saturated rings. The molecule has 178 valence electrons. The maximum Gasteiger partial charge on any atom is 0.421 e. The van der Waals surface area contributed by atoms with Gasteiger partial charge < -0.3 is 21.3 Å². The fraction of sp³-hybridized carbons (Fsp3) is 0.450. The Balaban J connectivity index is 1.65. The Hall–Kier alpha value is -2.93. The Kier molecular flexibility index (Phi) is 6.18. The zero-order chi connectivity index (χ0) is 23.8. The molecule has 1 amide bonds. The Morgan fingerprint density at radius 2 is 2.06 bits per heavy atom. The zero-order valence-corrected chi connectivity index (χ0v) is 18.5. The largest absolute Gasteiger partial charge is 0.421 e. The first-order valence-electron chi connectivity index (χ1n) is 10.3. The molecule has 1 saturated heterocycles.